The molecule has 2 rings (SSSR count). The molecule has 0 atom stereocenters. The van der Waals surface area contributed by atoms with Gasteiger partial charge in [0, 0.05) is 26.4 Å². The van der Waals surface area contributed by atoms with Gasteiger partial charge in [-0.05, 0) is 41.6 Å². The van der Waals surface area contributed by atoms with E-state index in [2.05, 4.69) is 22.9 Å². The van der Waals surface area contributed by atoms with Crippen molar-refractivity contribution in [3.05, 3.63) is 67.6 Å². The molecule has 0 saturated heterocycles. The lowest BCUT2D eigenvalue weighted by atomic mass is 10.0. The third-order valence-electron chi connectivity index (χ3n) is 2.92. The van der Waals surface area contributed by atoms with Crippen LogP contribution in [0.15, 0.2) is 40.9 Å². The van der Waals surface area contributed by atoms with E-state index in [1.807, 2.05) is 30.0 Å². The molecule has 2 aromatic carbocycles. The minimum atomic E-state index is -0.135. The molecule has 0 spiro atoms. The minimum Gasteiger partial charge on any atom is -0.289 e. The first-order chi connectivity index (χ1) is 10.0. The van der Waals surface area contributed by atoms with Crippen LogP contribution in [-0.2, 0) is 5.75 Å². The Morgan fingerprint density at radius 1 is 1.14 bits per heavy atom. The van der Waals surface area contributed by atoms with Gasteiger partial charge in [0.25, 0.3) is 0 Å². The summed E-state index contributed by atoms with van der Waals surface area (Å²) in [6.07, 6.45) is 0. The van der Waals surface area contributed by atoms with Gasteiger partial charge in [0.15, 0.2) is 5.78 Å². The first kappa shape index (κ1) is 16.9. The fourth-order valence-corrected chi connectivity index (χ4v) is 3.47. The van der Waals surface area contributed by atoms with Crippen LogP contribution in [0.25, 0.3) is 0 Å². The first-order valence-electron chi connectivity index (χ1n) is 6.39. The second kappa shape index (κ2) is 7.68. The zero-order valence-electron chi connectivity index (χ0n) is 11.3. The summed E-state index contributed by atoms with van der Waals surface area (Å²) in [5.74, 6) is 1.86. The van der Waals surface area contributed by atoms with E-state index in [4.69, 9.17) is 23.2 Å². The van der Waals surface area contributed by atoms with Gasteiger partial charge in [0.05, 0.1) is 5.02 Å². The summed E-state index contributed by atoms with van der Waals surface area (Å²) in [6.45, 7) is 2.12. The molecular weight excluding hydrogens is 391 g/mol. The molecule has 0 heterocycles. The van der Waals surface area contributed by atoms with Gasteiger partial charge in [-0.15, -0.1) is 0 Å². The molecule has 2 aromatic rings. The Bertz CT molecular complexity index is 673. The maximum Gasteiger partial charge on any atom is 0.195 e. The predicted octanol–water partition coefficient (Wildman–Crippen LogP) is 6.24. The van der Waals surface area contributed by atoms with Crippen molar-refractivity contribution in [2.45, 2.75) is 12.7 Å². The number of thioether (sulfide) groups is 1. The Morgan fingerprint density at radius 3 is 2.57 bits per heavy atom. The van der Waals surface area contributed by atoms with Crippen LogP contribution in [0.5, 0.6) is 0 Å². The van der Waals surface area contributed by atoms with Crippen molar-refractivity contribution >= 4 is 56.7 Å². The van der Waals surface area contributed by atoms with Crippen molar-refractivity contribution in [3.8, 4) is 0 Å². The Morgan fingerprint density at radius 2 is 1.90 bits per heavy atom. The first-order valence-corrected chi connectivity index (χ1v) is 9.09. The summed E-state index contributed by atoms with van der Waals surface area (Å²) in [6, 6.07) is 10.7. The molecule has 0 aromatic heterocycles. The van der Waals surface area contributed by atoms with Crippen LogP contribution in [0.1, 0.15) is 28.4 Å². The second-order valence-electron chi connectivity index (χ2n) is 4.40. The van der Waals surface area contributed by atoms with E-state index >= 15 is 0 Å². The number of benzene rings is 2. The fourth-order valence-electron chi connectivity index (χ4n) is 1.87. The normalized spacial score (nSPS) is 10.7. The van der Waals surface area contributed by atoms with Crippen LogP contribution in [0.2, 0.25) is 10.0 Å². The van der Waals surface area contributed by atoms with E-state index in [-0.39, 0.29) is 5.78 Å². The zero-order valence-corrected chi connectivity index (χ0v) is 15.2. The highest BCUT2D eigenvalue weighted by Gasteiger charge is 2.16. The molecule has 0 aliphatic rings. The lowest BCUT2D eigenvalue weighted by Crippen LogP contribution is -2.03. The SMILES string of the molecule is CCSCc1ccc(C(=O)c2cc(Cl)ccc2Cl)c(Br)c1. The van der Waals surface area contributed by atoms with Crippen molar-refractivity contribution < 1.29 is 4.79 Å². The molecule has 0 saturated carbocycles. The van der Waals surface area contributed by atoms with E-state index < -0.39 is 0 Å². The monoisotopic (exact) mass is 402 g/mol. The standard InChI is InChI=1S/C16H13BrCl2OS/c1-2-21-9-10-3-5-12(14(17)7-10)16(20)13-8-11(18)4-6-15(13)19/h3-8H,2,9H2,1H3. The maximum absolute atomic E-state index is 12.6. The summed E-state index contributed by atoms with van der Waals surface area (Å²) in [5, 5.41) is 0.900. The molecule has 21 heavy (non-hydrogen) atoms. The van der Waals surface area contributed by atoms with Gasteiger partial charge in [-0.2, -0.15) is 11.8 Å². The van der Waals surface area contributed by atoms with Gasteiger partial charge in [-0.25, -0.2) is 0 Å². The van der Waals surface area contributed by atoms with Gasteiger partial charge in [-0.1, -0.05) is 52.1 Å². The summed E-state index contributed by atoms with van der Waals surface area (Å²) in [4.78, 5) is 12.6. The topological polar surface area (TPSA) is 17.1 Å². The molecular formula is C16H13BrCl2OS. The van der Waals surface area contributed by atoms with Crippen LogP contribution in [0.4, 0.5) is 0 Å². The average molecular weight is 404 g/mol. The molecule has 0 bridgehead atoms. The number of hydrogen-bond acceptors (Lipinski definition) is 2. The molecule has 5 heteroatoms. The number of halogens is 3. The van der Waals surface area contributed by atoms with E-state index in [0.29, 0.717) is 21.2 Å². The fraction of sp³-hybridized carbons (Fsp3) is 0.188. The molecule has 1 nitrogen and oxygen atoms in total. The van der Waals surface area contributed by atoms with Crippen LogP contribution in [-0.4, -0.2) is 11.5 Å². The van der Waals surface area contributed by atoms with Gasteiger partial charge < -0.3 is 0 Å². The van der Waals surface area contributed by atoms with Gasteiger partial charge >= 0.3 is 0 Å². The van der Waals surface area contributed by atoms with Crippen LogP contribution in [0, 0.1) is 0 Å². The second-order valence-corrected chi connectivity index (χ2v) is 7.38. The summed E-state index contributed by atoms with van der Waals surface area (Å²) in [7, 11) is 0. The number of hydrogen-bond donors (Lipinski definition) is 0. The largest absolute Gasteiger partial charge is 0.289 e. The third kappa shape index (κ3) is 4.26. The number of ketones is 1. The average Bonchev–Trinajstić information content (AvgIpc) is 2.47. The smallest absolute Gasteiger partial charge is 0.195 e. The summed E-state index contributed by atoms with van der Waals surface area (Å²) >= 11 is 17.4. The Hall–Kier alpha value is -0.480. The van der Waals surface area contributed by atoms with Crippen LogP contribution in [0.3, 0.4) is 0 Å². The highest BCUT2D eigenvalue weighted by atomic mass is 79.9. The van der Waals surface area contributed by atoms with Gasteiger partial charge in [0.2, 0.25) is 0 Å². The predicted molar refractivity (Wildman–Crippen MR) is 95.9 cm³/mol. The van der Waals surface area contributed by atoms with Gasteiger partial charge in [0.1, 0.15) is 0 Å². The molecule has 0 aliphatic heterocycles. The maximum atomic E-state index is 12.6. The Balaban J connectivity index is 2.33. The van der Waals surface area contributed by atoms with Crippen molar-refractivity contribution in [1.29, 1.82) is 0 Å². The number of carbonyl (C=O) groups excluding carboxylic acids is 1. The molecule has 0 amide bonds. The van der Waals surface area contributed by atoms with Crippen molar-refractivity contribution in [2.24, 2.45) is 0 Å². The van der Waals surface area contributed by atoms with Crippen molar-refractivity contribution in [1.82, 2.24) is 0 Å². The summed E-state index contributed by atoms with van der Waals surface area (Å²) in [5.41, 5.74) is 2.19. The lowest BCUT2D eigenvalue weighted by molar-refractivity contribution is 0.103. The molecule has 0 aliphatic carbocycles. The molecule has 0 unspecified atom stereocenters. The number of rotatable bonds is 5. The quantitative estimate of drug-likeness (QED) is 0.549. The molecule has 0 radical (unpaired) electrons. The molecule has 110 valence electrons. The van der Waals surface area contributed by atoms with Crippen molar-refractivity contribution in [2.75, 3.05) is 5.75 Å². The van der Waals surface area contributed by atoms with E-state index in [0.717, 1.165) is 16.0 Å². The number of carbonyl (C=O) groups is 1. The van der Waals surface area contributed by atoms with Crippen molar-refractivity contribution in [3.63, 3.8) is 0 Å². The van der Waals surface area contributed by atoms with E-state index in [1.165, 1.54) is 5.56 Å². The van der Waals surface area contributed by atoms with E-state index in [9.17, 15) is 4.79 Å². The Labute approximate surface area is 147 Å². The minimum absolute atomic E-state index is 0.135. The third-order valence-corrected chi connectivity index (χ3v) is 5.09. The van der Waals surface area contributed by atoms with Crippen LogP contribution < -0.4 is 0 Å². The molecule has 0 N–H and O–H groups in total. The molecule has 0 fully saturated rings. The summed E-state index contributed by atoms with van der Waals surface area (Å²) < 4.78 is 0.776. The van der Waals surface area contributed by atoms with E-state index in [1.54, 1.807) is 18.2 Å². The highest BCUT2D eigenvalue weighted by molar-refractivity contribution is 9.10. The van der Waals surface area contributed by atoms with Crippen LogP contribution >= 0.6 is 50.9 Å². The van der Waals surface area contributed by atoms with Gasteiger partial charge in [-0.3, -0.25) is 4.79 Å². The zero-order chi connectivity index (χ0) is 15.4. The Kier molecular flexibility index (Phi) is 6.18. The lowest BCUT2D eigenvalue weighted by Gasteiger charge is -2.08. The highest BCUT2D eigenvalue weighted by Crippen LogP contribution is 2.28.